The highest BCUT2D eigenvalue weighted by Gasteiger charge is 2.21. The van der Waals surface area contributed by atoms with E-state index < -0.39 is 0 Å². The van der Waals surface area contributed by atoms with Crippen molar-refractivity contribution in [3.63, 3.8) is 0 Å². The van der Waals surface area contributed by atoms with Crippen LogP contribution in [0.2, 0.25) is 0 Å². The Morgan fingerprint density at radius 2 is 2.20 bits per heavy atom. The maximum absolute atomic E-state index is 12.3. The molecule has 0 bridgehead atoms. The van der Waals surface area contributed by atoms with Crippen LogP contribution in [-0.2, 0) is 4.79 Å². The van der Waals surface area contributed by atoms with Crippen LogP contribution in [0, 0.1) is 6.92 Å². The van der Waals surface area contributed by atoms with Crippen LogP contribution < -0.4 is 5.32 Å². The zero-order valence-corrected chi connectivity index (χ0v) is 14.1. The Kier molecular flexibility index (Phi) is 5.93. The summed E-state index contributed by atoms with van der Waals surface area (Å²) in [5.74, 6) is 0.850. The molecule has 3 nitrogen and oxygen atoms in total. The second-order valence-corrected chi connectivity index (χ2v) is 8.00. The topological polar surface area (TPSA) is 32.3 Å². The van der Waals surface area contributed by atoms with Crippen LogP contribution in [0.1, 0.15) is 35.6 Å². The van der Waals surface area contributed by atoms with Crippen LogP contribution >= 0.6 is 23.1 Å². The van der Waals surface area contributed by atoms with Gasteiger partial charge in [-0.15, -0.1) is 23.1 Å². The van der Waals surface area contributed by atoms with Gasteiger partial charge in [-0.05, 0) is 51.9 Å². The van der Waals surface area contributed by atoms with E-state index in [4.69, 9.17) is 0 Å². The lowest BCUT2D eigenvalue weighted by Crippen LogP contribution is -2.33. The van der Waals surface area contributed by atoms with E-state index in [0.29, 0.717) is 11.0 Å². The van der Waals surface area contributed by atoms with Gasteiger partial charge in [0.25, 0.3) is 0 Å². The normalized spacial score (nSPS) is 17.9. The summed E-state index contributed by atoms with van der Waals surface area (Å²) in [6.45, 7) is 6.40. The van der Waals surface area contributed by atoms with Crippen molar-refractivity contribution in [2.45, 2.75) is 38.0 Å². The predicted molar refractivity (Wildman–Crippen MR) is 88.6 cm³/mol. The molecule has 1 amide bonds. The first kappa shape index (κ1) is 15.9. The van der Waals surface area contributed by atoms with Crippen LogP contribution in [0.3, 0.4) is 0 Å². The number of carbonyl (C=O) groups is 1. The fourth-order valence-electron chi connectivity index (χ4n) is 2.34. The molecule has 1 aromatic rings. The molecule has 0 aliphatic carbocycles. The summed E-state index contributed by atoms with van der Waals surface area (Å²) in [7, 11) is 1.92. The Labute approximate surface area is 130 Å². The quantitative estimate of drug-likeness (QED) is 0.907. The monoisotopic (exact) mass is 312 g/mol. The molecule has 2 rings (SSSR count). The third-order valence-electron chi connectivity index (χ3n) is 3.88. The molecule has 1 fully saturated rings. The van der Waals surface area contributed by atoms with E-state index in [1.165, 1.54) is 22.6 Å². The first-order valence-electron chi connectivity index (χ1n) is 7.22. The fourth-order valence-corrected chi connectivity index (χ4v) is 4.46. The highest BCUT2D eigenvalue weighted by molar-refractivity contribution is 8.00. The highest BCUT2D eigenvalue weighted by atomic mass is 32.2. The molecule has 1 atom stereocenters. The van der Waals surface area contributed by atoms with Gasteiger partial charge in [-0.1, -0.05) is 0 Å². The summed E-state index contributed by atoms with van der Waals surface area (Å²) in [6.07, 6.45) is 2.36. The van der Waals surface area contributed by atoms with Crippen molar-refractivity contribution < 1.29 is 4.79 Å². The van der Waals surface area contributed by atoms with E-state index in [2.05, 4.69) is 31.3 Å². The molecule has 1 aromatic heterocycles. The molecule has 1 aliphatic rings. The first-order valence-corrected chi connectivity index (χ1v) is 9.08. The molecule has 5 heteroatoms. The van der Waals surface area contributed by atoms with Gasteiger partial charge >= 0.3 is 0 Å². The highest BCUT2D eigenvalue weighted by Crippen LogP contribution is 2.27. The predicted octanol–water partition coefficient (Wildman–Crippen LogP) is 3.06. The zero-order valence-electron chi connectivity index (χ0n) is 12.5. The van der Waals surface area contributed by atoms with Gasteiger partial charge in [-0.25, -0.2) is 0 Å². The molecule has 2 heterocycles. The molecule has 112 valence electrons. The van der Waals surface area contributed by atoms with Crippen molar-refractivity contribution in [3.05, 3.63) is 21.9 Å². The van der Waals surface area contributed by atoms with Gasteiger partial charge in [0.1, 0.15) is 0 Å². The lowest BCUT2D eigenvalue weighted by atomic mass is 10.2. The van der Waals surface area contributed by atoms with Crippen LogP contribution in [0.4, 0.5) is 0 Å². The number of carbonyl (C=O) groups excluding carboxylic acids is 1. The summed E-state index contributed by atoms with van der Waals surface area (Å²) >= 11 is 3.60. The number of piperidine rings is 1. The Morgan fingerprint density at radius 3 is 2.80 bits per heavy atom. The average molecular weight is 313 g/mol. The summed E-state index contributed by atoms with van der Waals surface area (Å²) < 4.78 is 0. The van der Waals surface area contributed by atoms with Gasteiger partial charge in [-0.3, -0.25) is 4.79 Å². The Morgan fingerprint density at radius 1 is 1.50 bits per heavy atom. The van der Waals surface area contributed by atoms with Crippen LogP contribution in [0.5, 0.6) is 0 Å². The van der Waals surface area contributed by atoms with Crippen molar-refractivity contribution in [3.8, 4) is 0 Å². The van der Waals surface area contributed by atoms with Crippen molar-refractivity contribution in [2.75, 3.05) is 25.9 Å². The summed E-state index contributed by atoms with van der Waals surface area (Å²) in [5, 5.41) is 4.01. The number of thiophene rings is 1. The summed E-state index contributed by atoms with van der Waals surface area (Å²) in [4.78, 5) is 16.8. The minimum absolute atomic E-state index is 0.176. The Balaban J connectivity index is 1.81. The number of hydrogen-bond acceptors (Lipinski definition) is 4. The van der Waals surface area contributed by atoms with Gasteiger partial charge in [0.15, 0.2) is 0 Å². The van der Waals surface area contributed by atoms with E-state index >= 15 is 0 Å². The van der Waals surface area contributed by atoms with E-state index in [-0.39, 0.29) is 11.9 Å². The Hall–Kier alpha value is -0.520. The average Bonchev–Trinajstić information content (AvgIpc) is 2.91. The van der Waals surface area contributed by atoms with Crippen molar-refractivity contribution >= 4 is 29.0 Å². The molecule has 1 aliphatic heterocycles. The standard InChI is InChI=1S/C15H24N2OS2/c1-11-4-5-14(20-11)12(2)17(3)15(18)10-19-13-6-8-16-9-7-13/h4-5,12-13,16H,6-10H2,1-3H3. The zero-order chi connectivity index (χ0) is 14.5. The maximum atomic E-state index is 12.3. The minimum atomic E-state index is 0.176. The van der Waals surface area contributed by atoms with Crippen LogP contribution in [-0.4, -0.2) is 41.9 Å². The smallest absolute Gasteiger partial charge is 0.232 e. The van der Waals surface area contributed by atoms with E-state index in [0.717, 1.165) is 13.1 Å². The van der Waals surface area contributed by atoms with E-state index in [1.807, 2.05) is 23.7 Å². The number of nitrogens with zero attached hydrogens (tertiary/aromatic N) is 1. The van der Waals surface area contributed by atoms with Gasteiger partial charge in [0.05, 0.1) is 11.8 Å². The number of aryl methyl sites for hydroxylation is 1. The molecule has 0 spiro atoms. The van der Waals surface area contributed by atoms with Gasteiger partial charge in [-0.2, -0.15) is 0 Å². The molecule has 0 aromatic carbocycles. The molecular weight excluding hydrogens is 288 g/mol. The van der Waals surface area contributed by atoms with Gasteiger partial charge in [0, 0.05) is 22.1 Å². The second-order valence-electron chi connectivity index (χ2n) is 5.39. The third kappa shape index (κ3) is 4.24. The summed E-state index contributed by atoms with van der Waals surface area (Å²) in [6, 6.07) is 4.43. The van der Waals surface area contributed by atoms with Crippen LogP contribution in [0.15, 0.2) is 12.1 Å². The van der Waals surface area contributed by atoms with E-state index in [9.17, 15) is 4.79 Å². The van der Waals surface area contributed by atoms with Gasteiger partial charge in [0.2, 0.25) is 5.91 Å². The number of amides is 1. The largest absolute Gasteiger partial charge is 0.337 e. The Bertz CT molecular complexity index is 441. The molecule has 1 unspecified atom stereocenters. The lowest BCUT2D eigenvalue weighted by Gasteiger charge is -2.26. The lowest BCUT2D eigenvalue weighted by molar-refractivity contribution is -0.128. The van der Waals surface area contributed by atoms with Crippen molar-refractivity contribution in [1.82, 2.24) is 10.2 Å². The summed E-state index contributed by atoms with van der Waals surface area (Å²) in [5.41, 5.74) is 0. The van der Waals surface area contributed by atoms with E-state index in [1.54, 1.807) is 11.3 Å². The van der Waals surface area contributed by atoms with Crippen molar-refractivity contribution in [1.29, 1.82) is 0 Å². The first-order chi connectivity index (χ1) is 9.58. The third-order valence-corrected chi connectivity index (χ3v) is 6.40. The molecule has 20 heavy (non-hydrogen) atoms. The number of nitrogens with one attached hydrogen (secondary N) is 1. The molecule has 0 saturated carbocycles. The molecular formula is C15H24N2OS2. The van der Waals surface area contributed by atoms with Crippen LogP contribution in [0.25, 0.3) is 0 Å². The van der Waals surface area contributed by atoms with Gasteiger partial charge < -0.3 is 10.2 Å². The molecule has 1 saturated heterocycles. The second kappa shape index (κ2) is 7.48. The number of hydrogen-bond donors (Lipinski definition) is 1. The minimum Gasteiger partial charge on any atom is -0.337 e. The fraction of sp³-hybridized carbons (Fsp3) is 0.667. The number of rotatable bonds is 5. The van der Waals surface area contributed by atoms with Crippen molar-refractivity contribution in [2.24, 2.45) is 0 Å². The maximum Gasteiger partial charge on any atom is 0.232 e. The SMILES string of the molecule is Cc1ccc(C(C)N(C)C(=O)CSC2CCNCC2)s1. The molecule has 0 radical (unpaired) electrons. The number of thioether (sulfide) groups is 1. The molecule has 1 N–H and O–H groups in total.